The van der Waals surface area contributed by atoms with Crippen LogP contribution in [0.2, 0.25) is 0 Å². The van der Waals surface area contributed by atoms with E-state index in [2.05, 4.69) is 10.6 Å². The average Bonchev–Trinajstić information content (AvgIpc) is 3.33. The Labute approximate surface area is 161 Å². The van der Waals surface area contributed by atoms with Gasteiger partial charge in [-0.3, -0.25) is 10.1 Å². The molecule has 0 aliphatic heterocycles. The summed E-state index contributed by atoms with van der Waals surface area (Å²) in [7, 11) is 0. The predicted octanol–water partition coefficient (Wildman–Crippen LogP) is 3.40. The van der Waals surface area contributed by atoms with Gasteiger partial charge in [-0.1, -0.05) is 25.0 Å². The number of esters is 1. The molecule has 1 fully saturated rings. The van der Waals surface area contributed by atoms with Crippen molar-refractivity contribution >= 4 is 17.9 Å². The minimum Gasteiger partial charge on any atom is -0.449 e. The van der Waals surface area contributed by atoms with Gasteiger partial charge in [-0.15, -0.1) is 0 Å². The van der Waals surface area contributed by atoms with E-state index < -0.39 is 29.8 Å². The molecule has 2 aromatic rings. The van der Waals surface area contributed by atoms with Gasteiger partial charge < -0.3 is 14.5 Å². The van der Waals surface area contributed by atoms with Crippen molar-refractivity contribution in [1.82, 2.24) is 10.6 Å². The Morgan fingerprint density at radius 3 is 2.57 bits per heavy atom. The molecular weight excluding hydrogens is 367 g/mol. The summed E-state index contributed by atoms with van der Waals surface area (Å²) >= 11 is 0. The number of nitrogens with one attached hydrogen (secondary N) is 2. The van der Waals surface area contributed by atoms with E-state index in [0.717, 1.165) is 25.7 Å². The molecule has 2 N–H and O–H groups in total. The Kier molecular flexibility index (Phi) is 6.08. The lowest BCUT2D eigenvalue weighted by atomic mass is 10.1. The lowest BCUT2D eigenvalue weighted by Crippen LogP contribution is -2.47. The van der Waals surface area contributed by atoms with Crippen LogP contribution in [0.4, 0.5) is 9.18 Å². The highest BCUT2D eigenvalue weighted by atomic mass is 19.1. The van der Waals surface area contributed by atoms with Crippen LogP contribution in [-0.4, -0.2) is 30.1 Å². The van der Waals surface area contributed by atoms with Crippen molar-refractivity contribution in [2.24, 2.45) is 0 Å². The highest BCUT2D eigenvalue weighted by Crippen LogP contribution is 2.25. The molecule has 0 saturated heterocycles. The summed E-state index contributed by atoms with van der Waals surface area (Å²) in [6.45, 7) is 1.34. The molecule has 3 amide bonds. The van der Waals surface area contributed by atoms with Crippen molar-refractivity contribution in [3.63, 3.8) is 0 Å². The largest absolute Gasteiger partial charge is 0.449 e. The maximum absolute atomic E-state index is 13.8. The monoisotopic (exact) mass is 388 g/mol. The third-order valence-electron chi connectivity index (χ3n) is 4.53. The van der Waals surface area contributed by atoms with Crippen molar-refractivity contribution in [2.45, 2.75) is 44.8 Å². The van der Waals surface area contributed by atoms with Gasteiger partial charge in [0.2, 0.25) is 5.76 Å². The molecule has 1 aromatic heterocycles. The lowest BCUT2D eigenvalue weighted by molar-refractivity contribution is -0.128. The standard InChI is InChI=1S/C20H21FN2O5/c1-12(18(24)23-20(26)22-13-6-2-3-7-13)27-19(25)17-11-10-16(28-17)14-8-4-5-9-15(14)21/h4-5,8-13H,2-3,6-7H2,1H3,(H2,22,23,24,26)/t12-/m1/s1. The number of halogens is 1. The van der Waals surface area contributed by atoms with Crippen molar-refractivity contribution in [2.75, 3.05) is 0 Å². The number of hydrogen-bond acceptors (Lipinski definition) is 5. The van der Waals surface area contributed by atoms with Gasteiger partial charge in [0.05, 0.1) is 5.56 Å². The van der Waals surface area contributed by atoms with E-state index in [9.17, 15) is 18.8 Å². The van der Waals surface area contributed by atoms with Gasteiger partial charge in [-0.2, -0.15) is 0 Å². The number of furan rings is 1. The first kappa shape index (κ1) is 19.6. The fraction of sp³-hybridized carbons (Fsp3) is 0.350. The molecule has 1 saturated carbocycles. The topological polar surface area (TPSA) is 97.6 Å². The average molecular weight is 388 g/mol. The zero-order valence-corrected chi connectivity index (χ0v) is 15.4. The predicted molar refractivity (Wildman–Crippen MR) is 97.9 cm³/mol. The first-order valence-electron chi connectivity index (χ1n) is 9.11. The second-order valence-corrected chi connectivity index (χ2v) is 6.64. The molecule has 0 spiro atoms. The zero-order valence-electron chi connectivity index (χ0n) is 15.4. The Hall–Kier alpha value is -3.16. The summed E-state index contributed by atoms with van der Waals surface area (Å²) in [6, 6.07) is 8.20. The number of hydrogen-bond donors (Lipinski definition) is 2. The number of rotatable bonds is 5. The number of benzene rings is 1. The van der Waals surface area contributed by atoms with Crippen LogP contribution in [-0.2, 0) is 9.53 Å². The Morgan fingerprint density at radius 2 is 1.86 bits per heavy atom. The summed E-state index contributed by atoms with van der Waals surface area (Å²) in [5.74, 6) is -2.13. The molecule has 28 heavy (non-hydrogen) atoms. The number of urea groups is 1. The third-order valence-corrected chi connectivity index (χ3v) is 4.53. The van der Waals surface area contributed by atoms with Crippen molar-refractivity contribution in [1.29, 1.82) is 0 Å². The van der Waals surface area contributed by atoms with Crippen LogP contribution in [0.3, 0.4) is 0 Å². The lowest BCUT2D eigenvalue weighted by Gasteiger charge is -2.15. The van der Waals surface area contributed by atoms with E-state index in [0.29, 0.717) is 0 Å². The van der Waals surface area contributed by atoms with Gasteiger partial charge >= 0.3 is 12.0 Å². The van der Waals surface area contributed by atoms with Gasteiger partial charge in [-0.25, -0.2) is 14.0 Å². The first-order chi connectivity index (χ1) is 13.4. The Balaban J connectivity index is 1.54. The minimum absolute atomic E-state index is 0.0607. The highest BCUT2D eigenvalue weighted by Gasteiger charge is 2.24. The number of carbonyl (C=O) groups excluding carboxylic acids is 3. The van der Waals surface area contributed by atoms with E-state index in [1.807, 2.05) is 0 Å². The third kappa shape index (κ3) is 4.76. The van der Waals surface area contributed by atoms with E-state index in [4.69, 9.17) is 9.15 Å². The molecular formula is C20H21FN2O5. The molecule has 1 atom stereocenters. The summed E-state index contributed by atoms with van der Waals surface area (Å²) in [5.41, 5.74) is 0.205. The molecule has 7 nitrogen and oxygen atoms in total. The van der Waals surface area contributed by atoms with Crippen LogP contribution in [0.5, 0.6) is 0 Å². The quantitative estimate of drug-likeness (QED) is 0.765. The summed E-state index contributed by atoms with van der Waals surface area (Å²) in [4.78, 5) is 36.0. The summed E-state index contributed by atoms with van der Waals surface area (Å²) in [6.07, 6.45) is 2.66. The molecule has 148 valence electrons. The molecule has 0 radical (unpaired) electrons. The van der Waals surface area contributed by atoms with E-state index in [-0.39, 0.29) is 23.1 Å². The number of imide groups is 1. The second-order valence-electron chi connectivity index (χ2n) is 6.64. The smallest absolute Gasteiger partial charge is 0.375 e. The van der Waals surface area contributed by atoms with Crippen LogP contribution in [0.25, 0.3) is 11.3 Å². The van der Waals surface area contributed by atoms with Gasteiger partial charge in [-0.05, 0) is 44.0 Å². The van der Waals surface area contributed by atoms with Crippen LogP contribution in [0.15, 0.2) is 40.8 Å². The molecule has 1 aromatic carbocycles. The van der Waals surface area contributed by atoms with Crippen molar-refractivity contribution in [3.8, 4) is 11.3 Å². The molecule has 0 bridgehead atoms. The maximum Gasteiger partial charge on any atom is 0.375 e. The molecule has 1 aliphatic rings. The van der Waals surface area contributed by atoms with Gasteiger partial charge in [0.15, 0.2) is 6.10 Å². The molecule has 3 rings (SSSR count). The van der Waals surface area contributed by atoms with E-state index in [1.165, 1.54) is 31.2 Å². The van der Waals surface area contributed by atoms with Gasteiger partial charge in [0, 0.05) is 6.04 Å². The van der Waals surface area contributed by atoms with Crippen molar-refractivity contribution in [3.05, 3.63) is 48.0 Å². The molecule has 1 aliphatic carbocycles. The number of ether oxygens (including phenoxy) is 1. The second kappa shape index (κ2) is 8.69. The van der Waals surface area contributed by atoms with Crippen LogP contribution < -0.4 is 10.6 Å². The van der Waals surface area contributed by atoms with E-state index >= 15 is 0 Å². The fourth-order valence-electron chi connectivity index (χ4n) is 3.03. The Morgan fingerprint density at radius 1 is 1.14 bits per heavy atom. The molecule has 1 heterocycles. The van der Waals surface area contributed by atoms with Crippen LogP contribution in [0.1, 0.15) is 43.2 Å². The van der Waals surface area contributed by atoms with Gasteiger partial charge in [0.25, 0.3) is 5.91 Å². The summed E-state index contributed by atoms with van der Waals surface area (Å²) in [5, 5.41) is 4.87. The SMILES string of the molecule is C[C@@H](OC(=O)c1ccc(-c2ccccc2F)o1)C(=O)NC(=O)NC1CCCC1. The normalized spacial score (nSPS) is 15.1. The Bertz CT molecular complexity index is 873. The minimum atomic E-state index is -1.20. The zero-order chi connectivity index (χ0) is 20.1. The fourth-order valence-corrected chi connectivity index (χ4v) is 3.03. The summed E-state index contributed by atoms with van der Waals surface area (Å²) < 4.78 is 24.2. The maximum atomic E-state index is 13.8. The van der Waals surface area contributed by atoms with Crippen molar-refractivity contribution < 1.29 is 27.9 Å². The number of amides is 3. The van der Waals surface area contributed by atoms with Gasteiger partial charge in [0.1, 0.15) is 11.6 Å². The highest BCUT2D eigenvalue weighted by molar-refractivity contribution is 5.98. The van der Waals surface area contributed by atoms with Crippen LogP contribution >= 0.6 is 0 Å². The first-order valence-corrected chi connectivity index (χ1v) is 9.11. The van der Waals surface area contributed by atoms with E-state index in [1.54, 1.807) is 12.1 Å². The van der Waals surface area contributed by atoms with Crippen LogP contribution in [0, 0.1) is 5.82 Å². The molecule has 0 unspecified atom stereocenters. The number of carbonyl (C=O) groups is 3. The molecule has 8 heteroatoms.